The van der Waals surface area contributed by atoms with Gasteiger partial charge in [-0.15, -0.1) is 0 Å². The van der Waals surface area contributed by atoms with Crippen molar-refractivity contribution >= 4 is 0 Å². The lowest BCUT2D eigenvalue weighted by Crippen LogP contribution is -2.68. The largest absolute Gasteiger partial charge is 0.301 e. The molecule has 2 bridgehead atoms. The molecule has 0 aromatic carbocycles. The van der Waals surface area contributed by atoms with E-state index in [-0.39, 0.29) is 0 Å². The fourth-order valence-electron chi connectivity index (χ4n) is 2.55. The molecule has 2 atom stereocenters. The molecule has 0 aromatic heterocycles. The maximum absolute atomic E-state index is 2.64. The van der Waals surface area contributed by atoms with Gasteiger partial charge in [-0.25, -0.2) is 0 Å². The number of hydrogen-bond donors (Lipinski definition) is 0. The van der Waals surface area contributed by atoms with Crippen LogP contribution in [0.2, 0.25) is 0 Å². The highest BCUT2D eigenvalue weighted by Gasteiger charge is 2.42. The van der Waals surface area contributed by atoms with Crippen LogP contribution in [-0.4, -0.2) is 48.1 Å². The molecule has 0 amide bonds. The first-order valence-electron chi connectivity index (χ1n) is 5.83. The van der Waals surface area contributed by atoms with Crippen LogP contribution in [0.1, 0.15) is 34.1 Å². The SMILES string of the molecule is CC.CCN1CC2CC(C1)N2CC. The summed E-state index contributed by atoms with van der Waals surface area (Å²) < 4.78 is 0. The van der Waals surface area contributed by atoms with Crippen LogP contribution in [0.25, 0.3) is 0 Å². The molecule has 2 nitrogen and oxygen atoms in total. The van der Waals surface area contributed by atoms with Crippen LogP contribution in [0.4, 0.5) is 0 Å². The summed E-state index contributed by atoms with van der Waals surface area (Å²) in [4.78, 5) is 5.22. The van der Waals surface area contributed by atoms with Gasteiger partial charge in [0.2, 0.25) is 0 Å². The molecule has 0 saturated carbocycles. The highest BCUT2D eigenvalue weighted by molar-refractivity contribution is 4.99. The number of piperazine rings is 1. The summed E-state index contributed by atoms with van der Waals surface area (Å²) in [5, 5.41) is 0. The first kappa shape index (κ1) is 11.0. The third-order valence-corrected chi connectivity index (χ3v) is 3.23. The second kappa shape index (κ2) is 4.97. The van der Waals surface area contributed by atoms with Gasteiger partial charge in [-0.05, 0) is 19.5 Å². The molecule has 0 N–H and O–H groups in total. The number of nitrogens with zero attached hydrogens (tertiary/aromatic N) is 2. The first-order chi connectivity index (χ1) is 6.35. The Balaban J connectivity index is 0.000000396. The van der Waals surface area contributed by atoms with Crippen LogP contribution < -0.4 is 0 Å². The molecular weight excluding hydrogens is 160 g/mol. The quantitative estimate of drug-likeness (QED) is 0.646. The third-order valence-electron chi connectivity index (χ3n) is 3.23. The number of hydrogen-bond acceptors (Lipinski definition) is 2. The van der Waals surface area contributed by atoms with Crippen molar-refractivity contribution in [3.05, 3.63) is 0 Å². The third kappa shape index (κ3) is 2.05. The molecule has 78 valence electrons. The van der Waals surface area contributed by atoms with Crippen molar-refractivity contribution in [3.63, 3.8) is 0 Å². The van der Waals surface area contributed by atoms with Gasteiger partial charge in [-0.2, -0.15) is 0 Å². The Hall–Kier alpha value is -0.0800. The average molecular weight is 184 g/mol. The molecule has 3 aliphatic heterocycles. The van der Waals surface area contributed by atoms with E-state index >= 15 is 0 Å². The standard InChI is InChI=1S/C9H18N2.C2H6/c1-3-10-6-8-5-9(7-10)11(8)4-2;1-2/h8-9H,3-7H2,1-2H3;1-2H3. The Bertz CT molecular complexity index is 135. The second-order valence-electron chi connectivity index (χ2n) is 3.73. The highest BCUT2D eigenvalue weighted by Crippen LogP contribution is 2.31. The molecule has 0 spiro atoms. The number of rotatable bonds is 2. The van der Waals surface area contributed by atoms with E-state index < -0.39 is 0 Å². The van der Waals surface area contributed by atoms with Crippen molar-refractivity contribution in [1.29, 1.82) is 0 Å². The molecule has 3 aliphatic rings. The van der Waals surface area contributed by atoms with E-state index in [0.29, 0.717) is 0 Å². The minimum Gasteiger partial charge on any atom is -0.301 e. The summed E-state index contributed by atoms with van der Waals surface area (Å²) in [6.07, 6.45) is 1.46. The number of likely N-dealkylation sites (N-methyl/N-ethyl adjacent to an activating group) is 2. The van der Waals surface area contributed by atoms with Crippen molar-refractivity contribution in [2.24, 2.45) is 0 Å². The Morgan fingerprint density at radius 2 is 1.54 bits per heavy atom. The van der Waals surface area contributed by atoms with E-state index in [4.69, 9.17) is 0 Å². The van der Waals surface area contributed by atoms with E-state index in [1.54, 1.807) is 0 Å². The summed E-state index contributed by atoms with van der Waals surface area (Å²) in [6.45, 7) is 13.7. The first-order valence-corrected chi connectivity index (χ1v) is 5.83. The Morgan fingerprint density at radius 1 is 1.00 bits per heavy atom. The molecule has 2 heteroatoms. The van der Waals surface area contributed by atoms with Gasteiger partial charge in [-0.3, -0.25) is 4.90 Å². The van der Waals surface area contributed by atoms with Crippen molar-refractivity contribution in [1.82, 2.24) is 9.80 Å². The molecule has 0 aromatic rings. The summed E-state index contributed by atoms with van der Waals surface area (Å²) in [5.41, 5.74) is 0. The van der Waals surface area contributed by atoms with Gasteiger partial charge >= 0.3 is 0 Å². The van der Waals surface area contributed by atoms with E-state index in [2.05, 4.69) is 23.6 Å². The Labute approximate surface area is 82.9 Å². The molecule has 0 radical (unpaired) electrons. The van der Waals surface area contributed by atoms with E-state index in [1.165, 1.54) is 32.6 Å². The van der Waals surface area contributed by atoms with Crippen LogP contribution >= 0.6 is 0 Å². The smallest absolute Gasteiger partial charge is 0.0241 e. The minimum absolute atomic E-state index is 0.902. The monoisotopic (exact) mass is 184 g/mol. The zero-order chi connectivity index (χ0) is 9.84. The Morgan fingerprint density at radius 3 is 1.92 bits per heavy atom. The maximum atomic E-state index is 2.64. The topological polar surface area (TPSA) is 6.48 Å². The van der Waals surface area contributed by atoms with E-state index in [9.17, 15) is 0 Å². The molecule has 3 fully saturated rings. The number of piperidine rings is 1. The van der Waals surface area contributed by atoms with Gasteiger partial charge in [0.15, 0.2) is 0 Å². The summed E-state index contributed by atoms with van der Waals surface area (Å²) in [5.74, 6) is 0. The molecule has 3 rings (SSSR count). The van der Waals surface area contributed by atoms with Crippen molar-refractivity contribution in [2.75, 3.05) is 26.2 Å². The highest BCUT2D eigenvalue weighted by atomic mass is 15.3. The summed E-state index contributed by atoms with van der Waals surface area (Å²) in [6, 6.07) is 1.80. The van der Waals surface area contributed by atoms with Gasteiger partial charge in [0.05, 0.1) is 0 Å². The van der Waals surface area contributed by atoms with Crippen LogP contribution in [0, 0.1) is 0 Å². The van der Waals surface area contributed by atoms with Gasteiger partial charge < -0.3 is 4.90 Å². The average Bonchev–Trinajstić information content (AvgIpc) is 2.21. The minimum atomic E-state index is 0.902. The Kier molecular flexibility index (Phi) is 4.20. The lowest BCUT2D eigenvalue weighted by molar-refractivity contribution is -0.0635. The van der Waals surface area contributed by atoms with Crippen LogP contribution in [0.3, 0.4) is 0 Å². The molecule has 3 heterocycles. The van der Waals surface area contributed by atoms with Gasteiger partial charge in [0.1, 0.15) is 0 Å². The predicted octanol–water partition coefficient (Wildman–Crippen LogP) is 1.81. The van der Waals surface area contributed by atoms with Crippen molar-refractivity contribution in [3.8, 4) is 0 Å². The predicted molar refractivity (Wildman–Crippen MR) is 58.0 cm³/mol. The van der Waals surface area contributed by atoms with Crippen molar-refractivity contribution < 1.29 is 0 Å². The van der Waals surface area contributed by atoms with E-state index in [0.717, 1.165) is 12.1 Å². The molecule has 13 heavy (non-hydrogen) atoms. The van der Waals surface area contributed by atoms with E-state index in [1.807, 2.05) is 13.8 Å². The maximum Gasteiger partial charge on any atom is 0.0241 e. The van der Waals surface area contributed by atoms with Crippen LogP contribution in [-0.2, 0) is 0 Å². The summed E-state index contributed by atoms with van der Waals surface area (Å²) >= 11 is 0. The van der Waals surface area contributed by atoms with Gasteiger partial charge in [0.25, 0.3) is 0 Å². The lowest BCUT2D eigenvalue weighted by atomic mass is 9.87. The van der Waals surface area contributed by atoms with Crippen LogP contribution in [0.5, 0.6) is 0 Å². The number of fused-ring (bicyclic) bond motifs is 2. The molecule has 0 aliphatic carbocycles. The summed E-state index contributed by atoms with van der Waals surface area (Å²) in [7, 11) is 0. The van der Waals surface area contributed by atoms with Crippen molar-refractivity contribution in [2.45, 2.75) is 46.2 Å². The van der Waals surface area contributed by atoms with Crippen LogP contribution in [0.15, 0.2) is 0 Å². The fraction of sp³-hybridized carbons (Fsp3) is 1.00. The zero-order valence-electron chi connectivity index (χ0n) is 9.58. The zero-order valence-corrected chi connectivity index (χ0v) is 9.58. The molecular formula is C11H24N2. The second-order valence-corrected chi connectivity index (χ2v) is 3.73. The fourth-order valence-corrected chi connectivity index (χ4v) is 2.55. The van der Waals surface area contributed by atoms with Gasteiger partial charge in [-0.1, -0.05) is 27.7 Å². The normalized spacial score (nSPS) is 33.2. The molecule has 2 unspecified atom stereocenters. The van der Waals surface area contributed by atoms with Gasteiger partial charge in [0, 0.05) is 25.2 Å². The lowest BCUT2D eigenvalue weighted by Gasteiger charge is -2.56. The molecule has 3 saturated heterocycles.